The van der Waals surface area contributed by atoms with Crippen LogP contribution in [0.1, 0.15) is 38.2 Å². The highest BCUT2D eigenvalue weighted by molar-refractivity contribution is 6.22. The van der Waals surface area contributed by atoms with E-state index >= 15 is 0 Å². The number of rotatable bonds is 12. The topological polar surface area (TPSA) is 119 Å². The van der Waals surface area contributed by atoms with E-state index in [1.165, 1.54) is 4.90 Å². The minimum absolute atomic E-state index is 0.191. The quantitative estimate of drug-likeness (QED) is 0.153. The number of para-hydroxylation sites is 1. The summed E-state index contributed by atoms with van der Waals surface area (Å²) in [5.74, 6) is -2.58. The average molecular weight is 597 g/mol. The van der Waals surface area contributed by atoms with E-state index < -0.39 is 23.9 Å². The van der Waals surface area contributed by atoms with E-state index in [-0.39, 0.29) is 37.2 Å². The Morgan fingerprint density at radius 3 is 2.41 bits per heavy atom. The summed E-state index contributed by atoms with van der Waals surface area (Å²) in [6.45, 7) is 1.88. The number of ether oxygens (including phenoxy) is 1. The van der Waals surface area contributed by atoms with Crippen LogP contribution in [0.2, 0.25) is 0 Å². The van der Waals surface area contributed by atoms with Gasteiger partial charge in [-0.3, -0.25) is 14.5 Å². The number of carbonyl (C=O) groups is 2. The molecule has 4 N–H and O–H groups in total. The van der Waals surface area contributed by atoms with E-state index in [1.807, 2.05) is 61.5 Å². The predicted octanol–water partition coefficient (Wildman–Crippen LogP) is 5.83. The van der Waals surface area contributed by atoms with Crippen molar-refractivity contribution in [1.29, 1.82) is 0 Å². The zero-order valence-corrected chi connectivity index (χ0v) is 25.1. The molecule has 1 saturated heterocycles. The normalized spacial score (nSPS) is 21.0. The molecule has 4 atom stereocenters. The van der Waals surface area contributed by atoms with Crippen molar-refractivity contribution in [3.8, 4) is 5.75 Å². The van der Waals surface area contributed by atoms with Gasteiger partial charge in [0.15, 0.2) is 0 Å². The van der Waals surface area contributed by atoms with E-state index in [1.54, 1.807) is 37.4 Å². The van der Waals surface area contributed by atoms with Gasteiger partial charge in [-0.05, 0) is 90.9 Å². The van der Waals surface area contributed by atoms with Crippen molar-refractivity contribution in [2.24, 2.45) is 17.8 Å². The lowest BCUT2D eigenvalue weighted by Crippen LogP contribution is -2.39. The molecule has 0 unspecified atom stereocenters. The van der Waals surface area contributed by atoms with Gasteiger partial charge in [-0.15, -0.1) is 0 Å². The van der Waals surface area contributed by atoms with Crippen LogP contribution in [0.5, 0.6) is 5.75 Å². The number of fused-ring (bicyclic) bond motifs is 1. The molecule has 0 spiro atoms. The summed E-state index contributed by atoms with van der Waals surface area (Å²) in [6.07, 6.45) is 3.12. The van der Waals surface area contributed by atoms with Crippen LogP contribution in [0.3, 0.4) is 0 Å². The fraction of sp³-hybridized carbons (Fsp3) is 0.333. The smallest absolute Gasteiger partial charge is 0.238 e. The third kappa shape index (κ3) is 6.63. The van der Waals surface area contributed by atoms with E-state index in [0.29, 0.717) is 24.1 Å². The fourth-order valence-corrected chi connectivity index (χ4v) is 6.58. The monoisotopic (exact) mass is 596 g/mol. The maximum absolute atomic E-state index is 13.9. The number of amides is 2. The third-order valence-corrected chi connectivity index (χ3v) is 8.68. The number of carbonyl (C=O) groups excluding carboxylic acids is 2. The molecule has 2 amide bonds. The zero-order chi connectivity index (χ0) is 31.2. The molecule has 3 aromatic rings. The molecule has 44 heavy (non-hydrogen) atoms. The van der Waals surface area contributed by atoms with Crippen LogP contribution in [0.25, 0.3) is 6.08 Å². The summed E-state index contributed by atoms with van der Waals surface area (Å²) in [5.41, 5.74) is 5.57. The van der Waals surface area contributed by atoms with Gasteiger partial charge in [-0.25, -0.2) is 0 Å². The Hall–Kier alpha value is -4.24. The number of allylic oxidation sites excluding steroid dienone is 1. The molecule has 8 nitrogen and oxygen atoms in total. The van der Waals surface area contributed by atoms with Gasteiger partial charge in [0, 0.05) is 24.4 Å². The summed E-state index contributed by atoms with van der Waals surface area (Å²) in [5, 5.41) is 35.3. The minimum atomic E-state index is -0.919. The molecule has 1 heterocycles. The number of nitrogens with one attached hydrogen (secondary N) is 1. The first-order valence-electron chi connectivity index (χ1n) is 15.1. The highest BCUT2D eigenvalue weighted by Crippen LogP contribution is 2.47. The van der Waals surface area contributed by atoms with Crippen LogP contribution in [-0.4, -0.2) is 53.6 Å². The average Bonchev–Trinajstić information content (AvgIpc) is 3.28. The molecule has 1 fully saturated rings. The Kier molecular flexibility index (Phi) is 9.95. The van der Waals surface area contributed by atoms with Gasteiger partial charge in [-0.1, -0.05) is 48.9 Å². The summed E-state index contributed by atoms with van der Waals surface area (Å²) >= 11 is 0. The van der Waals surface area contributed by atoms with Crippen molar-refractivity contribution in [2.75, 3.05) is 30.5 Å². The van der Waals surface area contributed by atoms with E-state index in [0.717, 1.165) is 34.5 Å². The molecule has 2 aliphatic rings. The van der Waals surface area contributed by atoms with Crippen LogP contribution in [0, 0.1) is 17.8 Å². The Morgan fingerprint density at radius 1 is 1.02 bits per heavy atom. The molecule has 0 radical (unpaired) electrons. The Balaban J connectivity index is 1.36. The molecule has 3 aromatic carbocycles. The molecular formula is C36H40N2O6. The SMILES string of the molecule is CC/C(=C\c1cccc(O)c1)CC[C@@H](O)C1=C(COC)C[C@H]2C(=O)N(c3ccc(Nc4ccccc4)cc3)C(=O)[C@H]2[C@H]1CO. The number of phenols is 1. The number of hydrogen-bond donors (Lipinski definition) is 4. The number of anilines is 3. The first-order chi connectivity index (χ1) is 21.3. The van der Waals surface area contributed by atoms with E-state index in [4.69, 9.17) is 4.74 Å². The summed E-state index contributed by atoms with van der Waals surface area (Å²) in [6, 6.07) is 23.9. The lowest BCUT2D eigenvalue weighted by Gasteiger charge is -2.36. The van der Waals surface area contributed by atoms with Crippen molar-refractivity contribution in [3.63, 3.8) is 0 Å². The van der Waals surface area contributed by atoms with Gasteiger partial charge in [0.1, 0.15) is 5.75 Å². The molecule has 0 aromatic heterocycles. The molecule has 230 valence electrons. The number of nitrogens with zero attached hydrogens (tertiary/aromatic N) is 1. The predicted molar refractivity (Wildman–Crippen MR) is 171 cm³/mol. The molecular weight excluding hydrogens is 556 g/mol. The number of phenolic OH excluding ortho intramolecular Hbond substituents is 1. The van der Waals surface area contributed by atoms with Crippen molar-refractivity contribution >= 4 is 35.0 Å². The highest BCUT2D eigenvalue weighted by Gasteiger charge is 2.55. The molecule has 1 aliphatic carbocycles. The maximum Gasteiger partial charge on any atom is 0.238 e. The van der Waals surface area contributed by atoms with Crippen LogP contribution in [-0.2, 0) is 14.3 Å². The second kappa shape index (κ2) is 14.0. The van der Waals surface area contributed by atoms with Crippen LogP contribution < -0.4 is 10.2 Å². The minimum Gasteiger partial charge on any atom is -0.508 e. The van der Waals surface area contributed by atoms with E-state index in [2.05, 4.69) is 5.32 Å². The summed E-state index contributed by atoms with van der Waals surface area (Å²) in [7, 11) is 1.56. The van der Waals surface area contributed by atoms with Crippen LogP contribution >= 0.6 is 0 Å². The lowest BCUT2D eigenvalue weighted by molar-refractivity contribution is -0.123. The van der Waals surface area contributed by atoms with Gasteiger partial charge >= 0.3 is 0 Å². The number of aliphatic hydroxyl groups is 2. The molecule has 8 heteroatoms. The standard InChI is InChI=1S/C36H40N2O6/c1-3-23(18-24-8-7-11-29(40)19-24)12-17-32(41)33-25(22-44-2)20-30-34(31(33)21-39)36(43)38(35(30)42)28-15-13-27(14-16-28)37-26-9-5-4-6-10-26/h4-11,13-16,18-19,30-32,34,37,39-41H,3,12,17,20-22H2,1-2H3/b23-18+/t30-,31+,32-,34-/m1/s1. The first kappa shape index (κ1) is 31.2. The second-order valence-corrected chi connectivity index (χ2v) is 11.5. The second-order valence-electron chi connectivity index (χ2n) is 11.5. The Labute approximate surface area is 258 Å². The third-order valence-electron chi connectivity index (χ3n) is 8.68. The molecule has 5 rings (SSSR count). The first-order valence-corrected chi connectivity index (χ1v) is 15.1. The highest BCUT2D eigenvalue weighted by atomic mass is 16.5. The Morgan fingerprint density at radius 2 is 1.75 bits per heavy atom. The largest absolute Gasteiger partial charge is 0.508 e. The van der Waals surface area contributed by atoms with Crippen molar-refractivity contribution in [1.82, 2.24) is 0 Å². The fourth-order valence-electron chi connectivity index (χ4n) is 6.58. The maximum atomic E-state index is 13.9. The van der Waals surface area contributed by atoms with Gasteiger partial charge in [0.2, 0.25) is 11.8 Å². The summed E-state index contributed by atoms with van der Waals surface area (Å²) in [4.78, 5) is 28.8. The Bertz CT molecular complexity index is 1530. The van der Waals surface area contributed by atoms with E-state index in [9.17, 15) is 24.9 Å². The van der Waals surface area contributed by atoms with Crippen molar-refractivity contribution in [3.05, 3.63) is 101 Å². The van der Waals surface area contributed by atoms with Gasteiger partial charge in [0.25, 0.3) is 0 Å². The van der Waals surface area contributed by atoms with Gasteiger partial charge in [-0.2, -0.15) is 0 Å². The zero-order valence-electron chi connectivity index (χ0n) is 25.1. The van der Waals surface area contributed by atoms with Crippen LogP contribution in [0.4, 0.5) is 17.1 Å². The molecule has 1 aliphatic heterocycles. The number of methoxy groups -OCH3 is 1. The number of benzene rings is 3. The van der Waals surface area contributed by atoms with Gasteiger partial charge in [0.05, 0.1) is 36.8 Å². The lowest BCUT2D eigenvalue weighted by atomic mass is 9.68. The number of aliphatic hydroxyl groups excluding tert-OH is 2. The van der Waals surface area contributed by atoms with Crippen molar-refractivity contribution in [2.45, 2.75) is 38.7 Å². The van der Waals surface area contributed by atoms with Gasteiger partial charge < -0.3 is 25.4 Å². The molecule has 0 bridgehead atoms. The van der Waals surface area contributed by atoms with Crippen molar-refractivity contribution < 1.29 is 29.6 Å². The number of hydrogen-bond acceptors (Lipinski definition) is 7. The summed E-state index contributed by atoms with van der Waals surface area (Å²) < 4.78 is 5.47. The van der Waals surface area contributed by atoms with Crippen LogP contribution in [0.15, 0.2) is 95.6 Å². The number of aromatic hydroxyl groups is 1. The molecule has 0 saturated carbocycles. The number of imide groups is 1.